The van der Waals surface area contributed by atoms with Crippen molar-refractivity contribution in [1.82, 2.24) is 15.6 Å². The molecule has 1 atom stereocenters. The molecule has 7 nitrogen and oxygen atoms in total. The lowest BCUT2D eigenvalue weighted by Gasteiger charge is -2.12. The van der Waals surface area contributed by atoms with Crippen LogP contribution in [0.15, 0.2) is 5.38 Å². The van der Waals surface area contributed by atoms with Crippen LogP contribution < -0.4 is 10.6 Å². The number of thiazole rings is 1. The lowest BCUT2D eigenvalue weighted by Crippen LogP contribution is -2.43. The van der Waals surface area contributed by atoms with Crippen LogP contribution in [0.1, 0.15) is 17.6 Å². The number of carbonyl (C=O) groups excluding carboxylic acids is 3. The van der Waals surface area contributed by atoms with Gasteiger partial charge in [0.1, 0.15) is 0 Å². The average Bonchev–Trinajstić information content (AvgIpc) is 2.74. The van der Waals surface area contributed by atoms with Crippen LogP contribution in [0, 0.1) is 6.92 Å². The van der Waals surface area contributed by atoms with E-state index in [1.54, 1.807) is 5.38 Å². The first-order valence-electron chi connectivity index (χ1n) is 5.55. The van der Waals surface area contributed by atoms with Crippen LogP contribution >= 0.6 is 11.3 Å². The van der Waals surface area contributed by atoms with Crippen molar-refractivity contribution in [3.63, 3.8) is 0 Å². The van der Waals surface area contributed by atoms with Crippen molar-refractivity contribution in [3.8, 4) is 0 Å². The third-order valence-electron chi connectivity index (χ3n) is 2.13. The van der Waals surface area contributed by atoms with E-state index >= 15 is 0 Å². The lowest BCUT2D eigenvalue weighted by molar-refractivity contribution is -0.153. The Balaban J connectivity index is 2.43. The molecular formula is C11H15N3O4S. The van der Waals surface area contributed by atoms with Crippen LogP contribution in [0.25, 0.3) is 0 Å². The maximum absolute atomic E-state index is 11.6. The van der Waals surface area contributed by atoms with E-state index in [1.807, 2.05) is 12.2 Å². The molecule has 0 saturated heterocycles. The van der Waals surface area contributed by atoms with Gasteiger partial charge in [-0.2, -0.15) is 0 Å². The van der Waals surface area contributed by atoms with Gasteiger partial charge in [-0.15, -0.1) is 11.3 Å². The molecule has 8 heteroatoms. The van der Waals surface area contributed by atoms with Gasteiger partial charge in [0.15, 0.2) is 6.10 Å². The molecule has 2 N–H and O–H groups in total. The summed E-state index contributed by atoms with van der Waals surface area (Å²) in [5.74, 6) is -1.24. The van der Waals surface area contributed by atoms with Gasteiger partial charge < -0.3 is 10.1 Å². The standard InChI is InChI=1S/C11H15N3O4S/c1-6(10(16)14-11(17)12-3)18-9(15)4-8-5-19-7(2)13-8/h5-6H,4H2,1-3H3,(H2,12,14,16,17). The normalized spacial score (nSPS) is 11.5. The number of hydrogen-bond acceptors (Lipinski definition) is 6. The minimum atomic E-state index is -1.04. The van der Waals surface area contributed by atoms with Crippen molar-refractivity contribution < 1.29 is 19.1 Å². The van der Waals surface area contributed by atoms with Gasteiger partial charge in [0.25, 0.3) is 5.91 Å². The summed E-state index contributed by atoms with van der Waals surface area (Å²) in [5, 5.41) is 6.86. The zero-order valence-electron chi connectivity index (χ0n) is 10.9. The van der Waals surface area contributed by atoms with Crippen molar-refractivity contribution in [2.75, 3.05) is 7.05 Å². The van der Waals surface area contributed by atoms with Crippen molar-refractivity contribution in [2.24, 2.45) is 0 Å². The summed E-state index contributed by atoms with van der Waals surface area (Å²) in [7, 11) is 1.38. The van der Waals surface area contributed by atoms with E-state index in [2.05, 4.69) is 10.3 Å². The Labute approximate surface area is 114 Å². The van der Waals surface area contributed by atoms with Crippen molar-refractivity contribution in [1.29, 1.82) is 0 Å². The molecule has 1 rings (SSSR count). The number of amides is 3. The molecule has 0 spiro atoms. The molecule has 1 heterocycles. The summed E-state index contributed by atoms with van der Waals surface area (Å²) in [6.07, 6.45) is -1.04. The van der Waals surface area contributed by atoms with Crippen LogP contribution in [0.5, 0.6) is 0 Å². The number of rotatable bonds is 4. The number of esters is 1. The minimum absolute atomic E-state index is 0.00192. The fourth-order valence-electron chi connectivity index (χ4n) is 1.21. The first-order valence-corrected chi connectivity index (χ1v) is 6.43. The van der Waals surface area contributed by atoms with E-state index < -0.39 is 24.0 Å². The number of aromatic nitrogens is 1. The van der Waals surface area contributed by atoms with Crippen molar-refractivity contribution in [3.05, 3.63) is 16.1 Å². The highest BCUT2D eigenvalue weighted by Gasteiger charge is 2.20. The molecule has 19 heavy (non-hydrogen) atoms. The molecule has 0 aliphatic rings. The summed E-state index contributed by atoms with van der Waals surface area (Å²) in [6.45, 7) is 3.22. The Morgan fingerprint density at radius 2 is 2.16 bits per heavy atom. The molecular weight excluding hydrogens is 270 g/mol. The first-order chi connectivity index (χ1) is 8.92. The number of urea groups is 1. The number of nitrogens with zero attached hydrogens (tertiary/aromatic N) is 1. The van der Waals surface area contributed by atoms with Gasteiger partial charge in [0, 0.05) is 12.4 Å². The summed E-state index contributed by atoms with van der Waals surface area (Å²) >= 11 is 1.43. The van der Waals surface area contributed by atoms with Gasteiger partial charge in [0.2, 0.25) is 0 Å². The summed E-state index contributed by atoms with van der Waals surface area (Å²) in [5.41, 5.74) is 0.603. The van der Waals surface area contributed by atoms with Crippen molar-refractivity contribution in [2.45, 2.75) is 26.4 Å². The first kappa shape index (κ1) is 15.1. The monoisotopic (exact) mass is 285 g/mol. The second-order valence-corrected chi connectivity index (χ2v) is 4.80. The lowest BCUT2D eigenvalue weighted by atomic mass is 10.3. The summed E-state index contributed by atoms with van der Waals surface area (Å²) < 4.78 is 4.90. The maximum Gasteiger partial charge on any atom is 0.321 e. The Bertz CT molecular complexity index is 486. The van der Waals surface area contributed by atoms with Crippen LogP contribution in [-0.2, 0) is 20.7 Å². The molecule has 0 bridgehead atoms. The van der Waals surface area contributed by atoms with Crippen LogP contribution in [0.4, 0.5) is 4.79 Å². The van der Waals surface area contributed by atoms with E-state index in [0.717, 1.165) is 5.01 Å². The number of imide groups is 1. The van der Waals surface area contributed by atoms with Gasteiger partial charge in [-0.3, -0.25) is 14.9 Å². The minimum Gasteiger partial charge on any atom is -0.452 e. The molecule has 1 aromatic heterocycles. The van der Waals surface area contributed by atoms with Crippen molar-refractivity contribution >= 4 is 29.2 Å². The molecule has 0 aliphatic heterocycles. The largest absolute Gasteiger partial charge is 0.452 e. The Morgan fingerprint density at radius 3 is 2.68 bits per heavy atom. The van der Waals surface area contributed by atoms with Crippen LogP contribution in [-0.4, -0.2) is 36.0 Å². The highest BCUT2D eigenvalue weighted by Crippen LogP contribution is 2.09. The van der Waals surface area contributed by atoms with Crippen LogP contribution in [0.3, 0.4) is 0 Å². The van der Waals surface area contributed by atoms with E-state index in [0.29, 0.717) is 5.69 Å². The molecule has 0 aliphatic carbocycles. The summed E-state index contributed by atoms with van der Waals surface area (Å²) in [6, 6.07) is -0.650. The van der Waals surface area contributed by atoms with E-state index in [9.17, 15) is 14.4 Å². The quantitative estimate of drug-likeness (QED) is 0.779. The fourth-order valence-corrected chi connectivity index (χ4v) is 1.82. The Hall–Kier alpha value is -1.96. The zero-order chi connectivity index (χ0) is 14.4. The van der Waals surface area contributed by atoms with Gasteiger partial charge in [0.05, 0.1) is 17.1 Å². The van der Waals surface area contributed by atoms with Gasteiger partial charge in [-0.1, -0.05) is 0 Å². The predicted octanol–water partition coefficient (Wildman–Crippen LogP) is 0.381. The zero-order valence-corrected chi connectivity index (χ0v) is 11.7. The van der Waals surface area contributed by atoms with Gasteiger partial charge in [-0.25, -0.2) is 9.78 Å². The SMILES string of the molecule is CNC(=O)NC(=O)C(C)OC(=O)Cc1csc(C)n1. The van der Waals surface area contributed by atoms with E-state index in [1.165, 1.54) is 25.3 Å². The second kappa shape index (κ2) is 6.83. The van der Waals surface area contributed by atoms with E-state index in [4.69, 9.17) is 4.74 Å². The molecule has 0 aromatic carbocycles. The molecule has 1 aromatic rings. The number of nitrogens with one attached hydrogen (secondary N) is 2. The molecule has 1 unspecified atom stereocenters. The maximum atomic E-state index is 11.6. The smallest absolute Gasteiger partial charge is 0.321 e. The molecule has 0 fully saturated rings. The number of ether oxygens (including phenoxy) is 1. The highest BCUT2D eigenvalue weighted by atomic mass is 32.1. The Morgan fingerprint density at radius 1 is 1.47 bits per heavy atom. The molecule has 104 valence electrons. The molecule has 0 saturated carbocycles. The van der Waals surface area contributed by atoms with Gasteiger partial charge >= 0.3 is 12.0 Å². The van der Waals surface area contributed by atoms with Gasteiger partial charge in [-0.05, 0) is 13.8 Å². The molecule has 3 amide bonds. The molecule has 0 radical (unpaired) electrons. The third kappa shape index (κ3) is 5.04. The summed E-state index contributed by atoms with van der Waals surface area (Å²) in [4.78, 5) is 38.0. The van der Waals surface area contributed by atoms with Crippen LogP contribution in [0.2, 0.25) is 0 Å². The third-order valence-corrected chi connectivity index (χ3v) is 2.96. The fraction of sp³-hybridized carbons (Fsp3) is 0.455. The number of aryl methyl sites for hydroxylation is 1. The Kier molecular flexibility index (Phi) is 5.43. The predicted molar refractivity (Wildman–Crippen MR) is 68.7 cm³/mol. The number of hydrogen-bond donors (Lipinski definition) is 2. The topological polar surface area (TPSA) is 97.4 Å². The highest BCUT2D eigenvalue weighted by molar-refractivity contribution is 7.09. The number of carbonyl (C=O) groups is 3. The second-order valence-electron chi connectivity index (χ2n) is 3.74. The van der Waals surface area contributed by atoms with E-state index in [-0.39, 0.29) is 6.42 Å². The average molecular weight is 285 g/mol.